The Bertz CT molecular complexity index is 784. The highest BCUT2D eigenvalue weighted by Gasteiger charge is 2.09. The van der Waals surface area contributed by atoms with E-state index in [9.17, 15) is 0 Å². The molecule has 0 aliphatic rings. The van der Waals surface area contributed by atoms with Crippen molar-refractivity contribution in [2.45, 2.75) is 32.7 Å². The van der Waals surface area contributed by atoms with Crippen molar-refractivity contribution >= 4 is 10.9 Å². The summed E-state index contributed by atoms with van der Waals surface area (Å²) in [5.41, 5.74) is 5.62. The molecule has 0 bridgehead atoms. The minimum Gasteiger partial charge on any atom is -0.347 e. The number of likely N-dealkylation sites (N-methyl/N-ethyl adjacent to an activating group) is 1. The second kappa shape index (κ2) is 7.67. The van der Waals surface area contributed by atoms with Gasteiger partial charge >= 0.3 is 0 Å². The molecule has 0 saturated heterocycles. The SMILES string of the molecule is Cc1ccc2c(c1)c(CCN(C)C)cn2CCCc1ccccc1. The Morgan fingerprint density at radius 2 is 1.75 bits per heavy atom. The van der Waals surface area contributed by atoms with Crippen LogP contribution in [0.4, 0.5) is 0 Å². The predicted octanol–water partition coefficient (Wildman–Crippen LogP) is 4.69. The standard InChI is InChI=1S/C22H28N2/c1-18-11-12-22-21(16-18)20(13-15-23(2)3)17-24(22)14-7-10-19-8-5-4-6-9-19/h4-6,8-9,11-12,16-17H,7,10,13-15H2,1-3H3. The molecular weight excluding hydrogens is 292 g/mol. The van der Waals surface area contributed by atoms with Gasteiger partial charge < -0.3 is 9.47 Å². The van der Waals surface area contributed by atoms with Crippen molar-refractivity contribution in [2.75, 3.05) is 20.6 Å². The van der Waals surface area contributed by atoms with Crippen molar-refractivity contribution < 1.29 is 0 Å². The molecule has 2 aromatic carbocycles. The second-order valence-electron chi connectivity index (χ2n) is 7.01. The molecule has 0 spiro atoms. The molecule has 1 aromatic heterocycles. The topological polar surface area (TPSA) is 8.17 Å². The molecule has 24 heavy (non-hydrogen) atoms. The van der Waals surface area contributed by atoms with Crippen LogP contribution in [0.2, 0.25) is 0 Å². The van der Waals surface area contributed by atoms with Crippen LogP contribution in [0.5, 0.6) is 0 Å². The van der Waals surface area contributed by atoms with Gasteiger partial charge in [0.05, 0.1) is 0 Å². The van der Waals surface area contributed by atoms with Gasteiger partial charge in [-0.05, 0) is 63.5 Å². The molecule has 0 saturated carbocycles. The molecule has 0 aliphatic carbocycles. The summed E-state index contributed by atoms with van der Waals surface area (Å²) in [5.74, 6) is 0. The molecule has 0 fully saturated rings. The molecule has 3 rings (SSSR count). The molecule has 126 valence electrons. The third-order valence-electron chi connectivity index (χ3n) is 4.65. The third kappa shape index (κ3) is 4.07. The first-order valence-corrected chi connectivity index (χ1v) is 8.90. The summed E-state index contributed by atoms with van der Waals surface area (Å²) in [6.45, 7) is 4.36. The molecular formula is C22H28N2. The van der Waals surface area contributed by atoms with E-state index in [0.29, 0.717) is 0 Å². The number of aromatic nitrogens is 1. The summed E-state index contributed by atoms with van der Waals surface area (Å²) in [7, 11) is 4.29. The Labute approximate surface area is 145 Å². The summed E-state index contributed by atoms with van der Waals surface area (Å²) in [5, 5.41) is 1.43. The van der Waals surface area contributed by atoms with Crippen LogP contribution in [0, 0.1) is 6.92 Å². The van der Waals surface area contributed by atoms with Crippen molar-refractivity contribution in [2.24, 2.45) is 0 Å². The number of aryl methyl sites for hydroxylation is 3. The van der Waals surface area contributed by atoms with E-state index < -0.39 is 0 Å². The Kier molecular flexibility index (Phi) is 5.37. The Morgan fingerprint density at radius 1 is 0.958 bits per heavy atom. The number of hydrogen-bond acceptors (Lipinski definition) is 1. The number of nitrogens with zero attached hydrogens (tertiary/aromatic N) is 2. The zero-order valence-corrected chi connectivity index (χ0v) is 15.1. The van der Waals surface area contributed by atoms with Gasteiger partial charge in [0.15, 0.2) is 0 Å². The van der Waals surface area contributed by atoms with Crippen molar-refractivity contribution in [1.29, 1.82) is 0 Å². The maximum atomic E-state index is 2.45. The Balaban J connectivity index is 1.77. The summed E-state index contributed by atoms with van der Waals surface area (Å²) in [6, 6.07) is 17.6. The molecule has 0 radical (unpaired) electrons. The van der Waals surface area contributed by atoms with Crippen molar-refractivity contribution in [3.63, 3.8) is 0 Å². The van der Waals surface area contributed by atoms with E-state index in [1.54, 1.807) is 0 Å². The summed E-state index contributed by atoms with van der Waals surface area (Å²) in [4.78, 5) is 2.26. The first-order valence-electron chi connectivity index (χ1n) is 8.90. The maximum Gasteiger partial charge on any atom is 0.0483 e. The molecule has 0 unspecified atom stereocenters. The molecule has 1 heterocycles. The van der Waals surface area contributed by atoms with Gasteiger partial charge in [-0.3, -0.25) is 0 Å². The van der Waals surface area contributed by atoms with Crippen LogP contribution in [0.15, 0.2) is 54.7 Å². The minimum absolute atomic E-state index is 1.08. The molecule has 3 aromatic rings. The highest BCUT2D eigenvalue weighted by atomic mass is 15.0. The van der Waals surface area contributed by atoms with E-state index in [2.05, 4.69) is 85.2 Å². The highest BCUT2D eigenvalue weighted by molar-refractivity contribution is 5.84. The quantitative estimate of drug-likeness (QED) is 0.613. The van der Waals surface area contributed by atoms with Crippen LogP contribution in [-0.4, -0.2) is 30.1 Å². The molecule has 0 N–H and O–H groups in total. The first kappa shape index (κ1) is 16.8. The van der Waals surface area contributed by atoms with Crippen molar-refractivity contribution in [3.05, 3.63) is 71.4 Å². The highest BCUT2D eigenvalue weighted by Crippen LogP contribution is 2.24. The average Bonchev–Trinajstić information content (AvgIpc) is 2.91. The van der Waals surface area contributed by atoms with Gasteiger partial charge in [0, 0.05) is 30.2 Å². The lowest BCUT2D eigenvalue weighted by molar-refractivity contribution is 0.414. The number of benzene rings is 2. The van der Waals surface area contributed by atoms with Gasteiger partial charge in [0.2, 0.25) is 0 Å². The van der Waals surface area contributed by atoms with Gasteiger partial charge in [0.25, 0.3) is 0 Å². The zero-order chi connectivity index (χ0) is 16.9. The number of rotatable bonds is 7. The smallest absolute Gasteiger partial charge is 0.0483 e. The van der Waals surface area contributed by atoms with E-state index in [0.717, 1.165) is 25.9 Å². The molecule has 0 aliphatic heterocycles. The zero-order valence-electron chi connectivity index (χ0n) is 15.1. The maximum absolute atomic E-state index is 2.45. The van der Waals surface area contributed by atoms with E-state index in [1.165, 1.54) is 34.0 Å². The second-order valence-corrected chi connectivity index (χ2v) is 7.01. The monoisotopic (exact) mass is 320 g/mol. The lowest BCUT2D eigenvalue weighted by Gasteiger charge is -2.08. The van der Waals surface area contributed by atoms with E-state index in [1.807, 2.05) is 0 Å². The Hall–Kier alpha value is -2.06. The number of fused-ring (bicyclic) bond motifs is 1. The molecule has 2 nitrogen and oxygen atoms in total. The fraction of sp³-hybridized carbons (Fsp3) is 0.364. The Morgan fingerprint density at radius 3 is 2.50 bits per heavy atom. The fourth-order valence-corrected chi connectivity index (χ4v) is 3.31. The lowest BCUT2D eigenvalue weighted by atomic mass is 10.1. The fourth-order valence-electron chi connectivity index (χ4n) is 3.31. The van der Waals surface area contributed by atoms with Crippen LogP contribution in [0.1, 0.15) is 23.1 Å². The summed E-state index contributed by atoms with van der Waals surface area (Å²) < 4.78 is 2.45. The van der Waals surface area contributed by atoms with Crippen LogP contribution in [-0.2, 0) is 19.4 Å². The molecule has 0 amide bonds. The van der Waals surface area contributed by atoms with Gasteiger partial charge in [-0.1, -0.05) is 42.0 Å². The lowest BCUT2D eigenvalue weighted by Crippen LogP contribution is -2.14. The predicted molar refractivity (Wildman–Crippen MR) is 104 cm³/mol. The molecule has 2 heteroatoms. The van der Waals surface area contributed by atoms with E-state index >= 15 is 0 Å². The van der Waals surface area contributed by atoms with Gasteiger partial charge in [-0.2, -0.15) is 0 Å². The summed E-state index contributed by atoms with van der Waals surface area (Å²) >= 11 is 0. The normalized spacial score (nSPS) is 11.5. The van der Waals surface area contributed by atoms with E-state index in [4.69, 9.17) is 0 Å². The van der Waals surface area contributed by atoms with Gasteiger partial charge in [-0.15, -0.1) is 0 Å². The van der Waals surface area contributed by atoms with Crippen molar-refractivity contribution in [1.82, 2.24) is 9.47 Å². The third-order valence-corrected chi connectivity index (χ3v) is 4.65. The van der Waals surface area contributed by atoms with Gasteiger partial charge in [-0.25, -0.2) is 0 Å². The van der Waals surface area contributed by atoms with Gasteiger partial charge in [0.1, 0.15) is 0 Å². The van der Waals surface area contributed by atoms with Crippen LogP contribution < -0.4 is 0 Å². The average molecular weight is 320 g/mol. The van der Waals surface area contributed by atoms with Crippen LogP contribution in [0.3, 0.4) is 0 Å². The minimum atomic E-state index is 1.08. The van der Waals surface area contributed by atoms with Crippen LogP contribution >= 0.6 is 0 Å². The summed E-state index contributed by atoms with van der Waals surface area (Å²) in [6.07, 6.45) is 5.80. The van der Waals surface area contributed by atoms with Crippen molar-refractivity contribution in [3.8, 4) is 0 Å². The van der Waals surface area contributed by atoms with Crippen LogP contribution in [0.25, 0.3) is 10.9 Å². The largest absolute Gasteiger partial charge is 0.347 e. The number of hydrogen-bond donors (Lipinski definition) is 0. The molecule has 0 atom stereocenters. The van der Waals surface area contributed by atoms with E-state index in [-0.39, 0.29) is 0 Å². The first-order chi connectivity index (χ1) is 11.6.